The Kier molecular flexibility index (Phi) is 12.7. The fourth-order valence-electron chi connectivity index (χ4n) is 5.63. The number of aromatic nitrogens is 2. The number of esters is 1. The van der Waals surface area contributed by atoms with E-state index in [0.29, 0.717) is 37.1 Å². The first-order valence-electron chi connectivity index (χ1n) is 16.8. The first-order chi connectivity index (χ1) is 23.7. The average molecular weight is 691 g/mol. The average Bonchev–Trinajstić information content (AvgIpc) is 3.75. The molecule has 4 rings (SSSR count). The maximum atomic E-state index is 14.1. The maximum absolute atomic E-state index is 14.1. The van der Waals surface area contributed by atoms with E-state index in [1.807, 2.05) is 54.9 Å². The lowest BCUT2D eigenvalue weighted by Crippen LogP contribution is -2.57. The number of carbonyl (C=O) groups is 4. The van der Waals surface area contributed by atoms with Gasteiger partial charge in [0.2, 0.25) is 11.8 Å². The van der Waals surface area contributed by atoms with Crippen molar-refractivity contribution in [2.75, 3.05) is 6.54 Å². The molecule has 50 heavy (non-hydrogen) atoms. The van der Waals surface area contributed by atoms with Crippen LogP contribution in [-0.2, 0) is 43.4 Å². The molecule has 1 aromatic heterocycles. The molecule has 1 saturated heterocycles. The number of hydrogen-bond donors (Lipinski definition) is 2. The molecule has 4 atom stereocenters. The second kappa shape index (κ2) is 16.9. The first kappa shape index (κ1) is 37.5. The van der Waals surface area contributed by atoms with Gasteiger partial charge in [0.05, 0.1) is 16.9 Å². The smallest absolute Gasteiger partial charge is 0.408 e. The van der Waals surface area contributed by atoms with Crippen LogP contribution in [0.3, 0.4) is 0 Å². The number of amides is 3. The van der Waals surface area contributed by atoms with Crippen molar-refractivity contribution < 1.29 is 33.6 Å². The van der Waals surface area contributed by atoms with Gasteiger partial charge < -0.3 is 29.6 Å². The van der Waals surface area contributed by atoms with Gasteiger partial charge in [0.25, 0.3) is 5.69 Å². The number of ether oxygens (including phenoxy) is 2. The summed E-state index contributed by atoms with van der Waals surface area (Å²) in [5, 5.41) is 16.5. The van der Waals surface area contributed by atoms with Gasteiger partial charge in [-0.25, -0.2) is 14.6 Å². The van der Waals surface area contributed by atoms with E-state index in [1.165, 1.54) is 29.2 Å². The topological polar surface area (TPSA) is 175 Å². The lowest BCUT2D eigenvalue weighted by molar-refractivity contribution is -0.384. The second-order valence-corrected chi connectivity index (χ2v) is 13.5. The number of non-ortho nitro benzene ring substituents is 1. The highest BCUT2D eigenvalue weighted by Crippen LogP contribution is 2.22. The molecule has 1 fully saturated rings. The maximum Gasteiger partial charge on any atom is 0.408 e. The number of nitrogens with one attached hydrogen (secondary N) is 2. The number of benzene rings is 2. The van der Waals surface area contributed by atoms with Gasteiger partial charge in [-0.15, -0.1) is 0 Å². The predicted molar refractivity (Wildman–Crippen MR) is 184 cm³/mol. The van der Waals surface area contributed by atoms with Crippen molar-refractivity contribution in [3.8, 4) is 0 Å². The first-order valence-corrected chi connectivity index (χ1v) is 16.8. The molecule has 14 nitrogen and oxygen atoms in total. The van der Waals surface area contributed by atoms with Crippen molar-refractivity contribution in [3.05, 3.63) is 94.1 Å². The molecule has 14 heteroatoms. The molecule has 0 saturated carbocycles. The van der Waals surface area contributed by atoms with E-state index in [4.69, 9.17) is 9.47 Å². The van der Waals surface area contributed by atoms with Gasteiger partial charge in [-0.05, 0) is 62.8 Å². The summed E-state index contributed by atoms with van der Waals surface area (Å²) in [5.74, 6) is -1.91. The summed E-state index contributed by atoms with van der Waals surface area (Å²) in [4.78, 5) is 70.3. The molecule has 0 aliphatic carbocycles. The summed E-state index contributed by atoms with van der Waals surface area (Å²) in [6, 6.07) is 12.5. The molecule has 0 radical (unpaired) electrons. The van der Waals surface area contributed by atoms with Crippen LogP contribution in [0.2, 0.25) is 0 Å². The fourth-order valence-corrected chi connectivity index (χ4v) is 5.63. The highest BCUT2D eigenvalue weighted by Gasteiger charge is 2.40. The van der Waals surface area contributed by atoms with Crippen LogP contribution in [0.25, 0.3) is 0 Å². The van der Waals surface area contributed by atoms with Crippen molar-refractivity contribution in [1.82, 2.24) is 25.1 Å². The monoisotopic (exact) mass is 690 g/mol. The second-order valence-electron chi connectivity index (χ2n) is 13.5. The molecule has 2 N–H and O–H groups in total. The van der Waals surface area contributed by atoms with Crippen molar-refractivity contribution in [2.24, 2.45) is 5.92 Å². The highest BCUT2D eigenvalue weighted by molar-refractivity contribution is 5.93. The summed E-state index contributed by atoms with van der Waals surface area (Å²) in [5.41, 5.74) is 1.32. The zero-order valence-electron chi connectivity index (χ0n) is 29.2. The summed E-state index contributed by atoms with van der Waals surface area (Å²) < 4.78 is 12.9. The number of likely N-dealkylation sites (tertiary alicyclic amines) is 1. The minimum Gasteiger partial charge on any atom is -0.459 e. The molecule has 1 aliphatic rings. The molecular formula is C36H46N6O8. The van der Waals surface area contributed by atoms with Crippen LogP contribution in [0.4, 0.5) is 10.5 Å². The molecule has 0 spiro atoms. The molecule has 0 unspecified atom stereocenters. The van der Waals surface area contributed by atoms with E-state index in [-0.39, 0.29) is 31.2 Å². The number of nitro benzene ring substituents is 1. The van der Waals surface area contributed by atoms with Crippen molar-refractivity contribution in [3.63, 3.8) is 0 Å². The largest absolute Gasteiger partial charge is 0.459 e. The molecular weight excluding hydrogens is 644 g/mol. The predicted octanol–water partition coefficient (Wildman–Crippen LogP) is 4.54. The van der Waals surface area contributed by atoms with Crippen LogP contribution in [0, 0.1) is 16.0 Å². The van der Waals surface area contributed by atoms with Gasteiger partial charge in [0.1, 0.15) is 30.3 Å². The summed E-state index contributed by atoms with van der Waals surface area (Å²) >= 11 is 0. The Labute approximate surface area is 291 Å². The Balaban J connectivity index is 1.46. The number of alkyl carbamates (subject to hydrolysis) is 1. The van der Waals surface area contributed by atoms with E-state index in [0.717, 1.165) is 5.56 Å². The number of imidazole rings is 1. The Bertz CT molecular complexity index is 1640. The van der Waals surface area contributed by atoms with Crippen LogP contribution in [0.5, 0.6) is 0 Å². The van der Waals surface area contributed by atoms with Gasteiger partial charge in [-0.3, -0.25) is 19.7 Å². The highest BCUT2D eigenvalue weighted by atomic mass is 16.6. The van der Waals surface area contributed by atoms with Crippen molar-refractivity contribution in [2.45, 2.75) is 97.2 Å². The van der Waals surface area contributed by atoms with Crippen LogP contribution in [0.15, 0.2) is 67.1 Å². The van der Waals surface area contributed by atoms with Crippen LogP contribution in [0.1, 0.15) is 70.7 Å². The molecule has 3 aromatic rings. The molecule has 1 aliphatic heterocycles. The third-order valence-corrected chi connectivity index (χ3v) is 8.43. The standard InChI is InChI=1S/C36H46N6O8/c1-6-24(2)31(34(45)49-22-26-14-16-28(17-15-26)42(47)48)39-32(43)30-13-10-18-41(30)33(44)29(38-35(46)50-36(3,4)5)19-27-21-40(23-37-27)20-25-11-8-7-9-12-25/h7-9,11-12,14-17,21,23-24,29-31H,6,10,13,18-20,22H2,1-5H3,(H,38,46)(H,39,43)/t24-,29-,30-,31-/m0/s1. The zero-order valence-corrected chi connectivity index (χ0v) is 29.2. The van der Waals surface area contributed by atoms with E-state index in [9.17, 15) is 29.3 Å². The van der Waals surface area contributed by atoms with Gasteiger partial charge in [-0.1, -0.05) is 50.6 Å². The van der Waals surface area contributed by atoms with E-state index >= 15 is 0 Å². The summed E-state index contributed by atoms with van der Waals surface area (Å²) in [7, 11) is 0. The third kappa shape index (κ3) is 10.6. The Morgan fingerprint density at radius 1 is 1.04 bits per heavy atom. The molecule has 0 bridgehead atoms. The van der Waals surface area contributed by atoms with Gasteiger partial charge in [0, 0.05) is 37.8 Å². The lowest BCUT2D eigenvalue weighted by atomic mass is 9.98. The van der Waals surface area contributed by atoms with Crippen LogP contribution < -0.4 is 10.6 Å². The minimum absolute atomic E-state index is 0.0647. The van der Waals surface area contributed by atoms with Gasteiger partial charge in [-0.2, -0.15) is 0 Å². The zero-order chi connectivity index (χ0) is 36.4. The number of nitrogens with zero attached hydrogens (tertiary/aromatic N) is 4. The van der Waals surface area contributed by atoms with Crippen LogP contribution >= 0.6 is 0 Å². The Morgan fingerprint density at radius 2 is 1.74 bits per heavy atom. The van der Waals surface area contributed by atoms with E-state index in [2.05, 4.69) is 15.6 Å². The quantitative estimate of drug-likeness (QED) is 0.140. The number of carbonyl (C=O) groups excluding carboxylic acids is 4. The Hall–Kier alpha value is -5.27. The third-order valence-electron chi connectivity index (χ3n) is 8.43. The normalized spacial score (nSPS) is 16.2. The van der Waals surface area contributed by atoms with E-state index in [1.54, 1.807) is 27.1 Å². The molecule has 2 heterocycles. The number of nitro groups is 1. The fraction of sp³-hybridized carbons (Fsp3) is 0.472. The van der Waals surface area contributed by atoms with Gasteiger partial charge in [0.15, 0.2) is 0 Å². The lowest BCUT2D eigenvalue weighted by Gasteiger charge is -2.31. The molecule has 3 amide bonds. The van der Waals surface area contributed by atoms with Crippen molar-refractivity contribution >= 4 is 29.6 Å². The molecule has 268 valence electrons. The summed E-state index contributed by atoms with van der Waals surface area (Å²) in [6.07, 6.45) is 4.25. The summed E-state index contributed by atoms with van der Waals surface area (Å²) in [6.45, 7) is 9.59. The van der Waals surface area contributed by atoms with Gasteiger partial charge >= 0.3 is 12.1 Å². The van der Waals surface area contributed by atoms with Crippen molar-refractivity contribution in [1.29, 1.82) is 0 Å². The minimum atomic E-state index is -1.07. The molecule has 2 aromatic carbocycles. The number of rotatable bonds is 14. The number of hydrogen-bond acceptors (Lipinski definition) is 9. The van der Waals surface area contributed by atoms with Crippen LogP contribution in [-0.4, -0.2) is 73.5 Å². The SMILES string of the molecule is CC[C@H](C)[C@H](NC(=O)[C@@H]1CCCN1C(=O)[C@H](Cc1cn(Cc2ccccc2)cn1)NC(=O)OC(C)(C)C)C(=O)OCc1ccc([N+](=O)[O-])cc1. The van der Waals surface area contributed by atoms with E-state index < -0.39 is 52.5 Å². The Morgan fingerprint density at radius 3 is 2.38 bits per heavy atom.